The van der Waals surface area contributed by atoms with Crippen molar-refractivity contribution in [2.45, 2.75) is 95.5 Å². The zero-order valence-corrected chi connectivity index (χ0v) is 15.2. The summed E-state index contributed by atoms with van der Waals surface area (Å²) in [5.41, 5.74) is -0.535. The summed E-state index contributed by atoms with van der Waals surface area (Å²) < 4.78 is 5.43. The van der Waals surface area contributed by atoms with Crippen molar-refractivity contribution in [3.63, 3.8) is 0 Å². The topological polar surface area (TPSA) is 53.6 Å². The second-order valence-electron chi connectivity index (χ2n) is 8.85. The number of carbonyl (C=O) groups excluding carboxylic acids is 1. The minimum Gasteiger partial charge on any atom is -0.444 e. The van der Waals surface area contributed by atoms with E-state index >= 15 is 0 Å². The molecule has 3 fully saturated rings. The van der Waals surface area contributed by atoms with E-state index in [1.807, 2.05) is 20.8 Å². The third-order valence-electron chi connectivity index (χ3n) is 5.44. The molecule has 2 atom stereocenters. The third-order valence-corrected chi connectivity index (χ3v) is 5.44. The zero-order valence-electron chi connectivity index (χ0n) is 15.2. The van der Waals surface area contributed by atoms with Gasteiger partial charge in [0.1, 0.15) is 5.60 Å². The smallest absolute Gasteiger partial charge is 0.408 e. The Hall–Kier alpha value is -0.810. The van der Waals surface area contributed by atoms with Crippen LogP contribution in [0.25, 0.3) is 0 Å². The lowest BCUT2D eigenvalue weighted by molar-refractivity contribution is 0.0379. The van der Waals surface area contributed by atoms with Crippen LogP contribution in [0.2, 0.25) is 0 Å². The SMILES string of the molecule is CC1CC(NCC2(NC(=O)OC(C)(C)C)CCC2)CN1C1CC1. The summed E-state index contributed by atoms with van der Waals surface area (Å²) in [6.07, 6.45) is 6.98. The third kappa shape index (κ3) is 4.38. The Kier molecular flexibility index (Phi) is 4.62. The summed E-state index contributed by atoms with van der Waals surface area (Å²) in [5, 5.41) is 6.85. The van der Waals surface area contributed by atoms with Gasteiger partial charge < -0.3 is 15.4 Å². The maximum absolute atomic E-state index is 12.1. The molecule has 1 heterocycles. The number of carbonyl (C=O) groups is 1. The maximum atomic E-state index is 12.1. The molecule has 0 radical (unpaired) electrons. The van der Waals surface area contributed by atoms with Gasteiger partial charge in [-0.15, -0.1) is 0 Å². The molecule has 23 heavy (non-hydrogen) atoms. The van der Waals surface area contributed by atoms with Gasteiger partial charge in [0.15, 0.2) is 0 Å². The van der Waals surface area contributed by atoms with Gasteiger partial charge in [-0.25, -0.2) is 4.79 Å². The fourth-order valence-electron chi connectivity index (χ4n) is 3.93. The molecule has 5 heteroatoms. The number of ether oxygens (including phenoxy) is 1. The monoisotopic (exact) mass is 323 g/mol. The highest BCUT2D eigenvalue weighted by atomic mass is 16.6. The molecule has 132 valence electrons. The molecule has 1 aliphatic heterocycles. The number of nitrogens with one attached hydrogen (secondary N) is 2. The van der Waals surface area contributed by atoms with Crippen LogP contribution in [0.5, 0.6) is 0 Å². The van der Waals surface area contributed by atoms with Gasteiger partial charge in [0, 0.05) is 31.2 Å². The highest BCUT2D eigenvalue weighted by Crippen LogP contribution is 2.35. The lowest BCUT2D eigenvalue weighted by atomic mass is 9.76. The van der Waals surface area contributed by atoms with Crippen LogP contribution in [0.4, 0.5) is 4.79 Å². The zero-order chi connectivity index (χ0) is 16.7. The van der Waals surface area contributed by atoms with Crippen molar-refractivity contribution >= 4 is 6.09 Å². The molecular formula is C18H33N3O2. The van der Waals surface area contributed by atoms with Gasteiger partial charge in [-0.2, -0.15) is 0 Å². The number of hydrogen-bond donors (Lipinski definition) is 2. The number of likely N-dealkylation sites (tertiary alicyclic amines) is 1. The van der Waals surface area contributed by atoms with Crippen LogP contribution in [0, 0.1) is 0 Å². The van der Waals surface area contributed by atoms with E-state index in [2.05, 4.69) is 22.5 Å². The highest BCUT2D eigenvalue weighted by molar-refractivity contribution is 5.69. The molecule has 2 unspecified atom stereocenters. The summed E-state index contributed by atoms with van der Waals surface area (Å²) in [7, 11) is 0. The molecule has 5 nitrogen and oxygen atoms in total. The lowest BCUT2D eigenvalue weighted by Crippen LogP contribution is -2.61. The number of hydrogen-bond acceptors (Lipinski definition) is 4. The van der Waals surface area contributed by atoms with Crippen molar-refractivity contribution in [1.82, 2.24) is 15.5 Å². The van der Waals surface area contributed by atoms with Gasteiger partial charge in [-0.1, -0.05) is 0 Å². The van der Waals surface area contributed by atoms with Crippen molar-refractivity contribution < 1.29 is 9.53 Å². The quantitative estimate of drug-likeness (QED) is 0.817. The lowest BCUT2D eigenvalue weighted by Gasteiger charge is -2.43. The van der Waals surface area contributed by atoms with Crippen LogP contribution < -0.4 is 10.6 Å². The molecule has 3 rings (SSSR count). The van der Waals surface area contributed by atoms with E-state index in [9.17, 15) is 4.79 Å². The van der Waals surface area contributed by atoms with E-state index in [1.165, 1.54) is 25.7 Å². The van der Waals surface area contributed by atoms with Crippen LogP contribution in [-0.2, 0) is 4.74 Å². The van der Waals surface area contributed by atoms with E-state index in [4.69, 9.17) is 4.74 Å². The molecule has 3 aliphatic rings. The Balaban J connectivity index is 1.46. The van der Waals surface area contributed by atoms with E-state index in [-0.39, 0.29) is 11.6 Å². The fourth-order valence-corrected chi connectivity index (χ4v) is 3.93. The first-order valence-corrected chi connectivity index (χ1v) is 9.27. The normalized spacial score (nSPS) is 30.8. The van der Waals surface area contributed by atoms with Crippen LogP contribution in [0.1, 0.15) is 66.2 Å². The number of rotatable bonds is 5. The van der Waals surface area contributed by atoms with Gasteiger partial charge >= 0.3 is 6.09 Å². The van der Waals surface area contributed by atoms with Gasteiger partial charge in [0.05, 0.1) is 5.54 Å². The summed E-state index contributed by atoms with van der Waals surface area (Å²) in [6, 6.07) is 2.09. The summed E-state index contributed by atoms with van der Waals surface area (Å²) in [4.78, 5) is 14.8. The van der Waals surface area contributed by atoms with Gasteiger partial charge in [-0.3, -0.25) is 4.90 Å². The second kappa shape index (κ2) is 6.25. The number of amides is 1. The molecule has 1 amide bonds. The van der Waals surface area contributed by atoms with Crippen molar-refractivity contribution in [2.24, 2.45) is 0 Å². The van der Waals surface area contributed by atoms with E-state index in [0.29, 0.717) is 12.1 Å². The molecule has 0 bridgehead atoms. The van der Waals surface area contributed by atoms with Crippen molar-refractivity contribution in [2.75, 3.05) is 13.1 Å². The maximum Gasteiger partial charge on any atom is 0.408 e. The Morgan fingerprint density at radius 2 is 2.00 bits per heavy atom. The highest BCUT2D eigenvalue weighted by Gasteiger charge is 2.42. The molecule has 2 N–H and O–H groups in total. The average Bonchev–Trinajstić information content (AvgIpc) is 3.14. The standard InChI is InChI=1S/C18H33N3O2/c1-13-10-14(11-21(13)15-6-7-15)19-12-18(8-5-9-18)20-16(22)23-17(2,3)4/h13-15,19H,5-12H2,1-4H3,(H,20,22). The molecule has 0 aromatic heterocycles. The minimum absolute atomic E-state index is 0.0986. The molecule has 0 aromatic carbocycles. The van der Waals surface area contributed by atoms with E-state index in [1.54, 1.807) is 0 Å². The fraction of sp³-hybridized carbons (Fsp3) is 0.944. The average molecular weight is 323 g/mol. The molecule has 2 aliphatic carbocycles. The van der Waals surface area contributed by atoms with Gasteiger partial charge in [0.2, 0.25) is 0 Å². The summed E-state index contributed by atoms with van der Waals surface area (Å²) in [5.74, 6) is 0. The van der Waals surface area contributed by atoms with Gasteiger partial charge in [-0.05, 0) is 66.2 Å². The van der Waals surface area contributed by atoms with Crippen molar-refractivity contribution in [3.8, 4) is 0 Å². The van der Waals surface area contributed by atoms with E-state index < -0.39 is 5.60 Å². The van der Waals surface area contributed by atoms with Crippen LogP contribution in [0.3, 0.4) is 0 Å². The summed E-state index contributed by atoms with van der Waals surface area (Å²) >= 11 is 0. The van der Waals surface area contributed by atoms with Crippen LogP contribution in [-0.4, -0.2) is 53.3 Å². The predicted octanol–water partition coefficient (Wildman–Crippen LogP) is 2.65. The number of nitrogens with zero attached hydrogens (tertiary/aromatic N) is 1. The Morgan fingerprint density at radius 1 is 1.30 bits per heavy atom. The predicted molar refractivity (Wildman–Crippen MR) is 91.5 cm³/mol. The second-order valence-corrected chi connectivity index (χ2v) is 8.85. The molecule has 2 saturated carbocycles. The van der Waals surface area contributed by atoms with E-state index in [0.717, 1.165) is 32.0 Å². The van der Waals surface area contributed by atoms with Crippen LogP contribution in [0.15, 0.2) is 0 Å². The minimum atomic E-state index is -0.436. The molecule has 0 aromatic rings. The molecular weight excluding hydrogens is 290 g/mol. The number of alkyl carbamates (subject to hydrolysis) is 1. The van der Waals surface area contributed by atoms with Crippen molar-refractivity contribution in [1.29, 1.82) is 0 Å². The molecule has 1 saturated heterocycles. The first-order chi connectivity index (χ1) is 10.8. The Labute approximate surface area is 140 Å². The molecule has 0 spiro atoms. The van der Waals surface area contributed by atoms with Crippen LogP contribution >= 0.6 is 0 Å². The van der Waals surface area contributed by atoms with Crippen molar-refractivity contribution in [3.05, 3.63) is 0 Å². The largest absolute Gasteiger partial charge is 0.444 e. The van der Waals surface area contributed by atoms with Gasteiger partial charge in [0.25, 0.3) is 0 Å². The first-order valence-electron chi connectivity index (χ1n) is 9.27. The first kappa shape index (κ1) is 17.0. The Morgan fingerprint density at radius 3 is 2.52 bits per heavy atom. The summed E-state index contributed by atoms with van der Waals surface area (Å²) in [6.45, 7) is 10.1. The Bertz CT molecular complexity index is 438.